The molecule has 0 aromatic carbocycles. The highest BCUT2D eigenvalue weighted by atomic mass is 79.9. The SMILES string of the molecule is COC1CCCC1Nc1cc(Br)nc(C(C)C)n1. The molecule has 1 aliphatic rings. The van der Waals surface area contributed by atoms with Crippen molar-refractivity contribution >= 4 is 21.7 Å². The van der Waals surface area contributed by atoms with Crippen LogP contribution in [0.4, 0.5) is 5.82 Å². The molecular formula is C13H20BrN3O. The molecule has 5 heteroatoms. The minimum atomic E-state index is 0.293. The van der Waals surface area contributed by atoms with Crippen molar-refractivity contribution in [3.63, 3.8) is 0 Å². The molecule has 1 fully saturated rings. The summed E-state index contributed by atoms with van der Waals surface area (Å²) in [6.07, 6.45) is 3.76. The van der Waals surface area contributed by atoms with E-state index in [1.165, 1.54) is 6.42 Å². The Morgan fingerprint density at radius 1 is 1.39 bits per heavy atom. The molecule has 100 valence electrons. The number of halogens is 1. The molecule has 2 rings (SSSR count). The second-order valence-corrected chi connectivity index (χ2v) is 5.86. The van der Waals surface area contributed by atoms with Gasteiger partial charge in [-0.3, -0.25) is 0 Å². The summed E-state index contributed by atoms with van der Waals surface area (Å²) in [6, 6.07) is 2.29. The molecular weight excluding hydrogens is 294 g/mol. The summed E-state index contributed by atoms with van der Waals surface area (Å²) in [6.45, 7) is 4.19. The van der Waals surface area contributed by atoms with Crippen molar-refractivity contribution in [3.8, 4) is 0 Å². The third-order valence-corrected chi connectivity index (χ3v) is 3.72. The molecule has 2 atom stereocenters. The smallest absolute Gasteiger partial charge is 0.134 e. The van der Waals surface area contributed by atoms with E-state index in [1.807, 2.05) is 6.07 Å². The standard InChI is InChI=1S/C13H20BrN3O/c1-8(2)13-16-11(14)7-12(17-13)15-9-5-4-6-10(9)18-3/h7-10H,4-6H2,1-3H3,(H,15,16,17). The van der Waals surface area contributed by atoms with Crippen molar-refractivity contribution in [2.24, 2.45) is 0 Å². The van der Waals surface area contributed by atoms with E-state index < -0.39 is 0 Å². The molecule has 0 radical (unpaired) electrons. The fraction of sp³-hybridized carbons (Fsp3) is 0.692. The lowest BCUT2D eigenvalue weighted by atomic mass is 10.2. The van der Waals surface area contributed by atoms with Gasteiger partial charge in [0.2, 0.25) is 0 Å². The topological polar surface area (TPSA) is 47.0 Å². The van der Waals surface area contributed by atoms with Gasteiger partial charge in [-0.25, -0.2) is 9.97 Å². The van der Waals surface area contributed by atoms with Gasteiger partial charge < -0.3 is 10.1 Å². The van der Waals surface area contributed by atoms with Crippen molar-refractivity contribution in [2.75, 3.05) is 12.4 Å². The molecule has 1 aromatic rings. The van der Waals surface area contributed by atoms with Gasteiger partial charge in [-0.1, -0.05) is 13.8 Å². The Morgan fingerprint density at radius 2 is 2.17 bits per heavy atom. The van der Waals surface area contributed by atoms with E-state index in [4.69, 9.17) is 4.74 Å². The Hall–Kier alpha value is -0.680. The summed E-state index contributed by atoms with van der Waals surface area (Å²) < 4.78 is 6.32. The van der Waals surface area contributed by atoms with Crippen LogP contribution in [0.2, 0.25) is 0 Å². The van der Waals surface area contributed by atoms with Gasteiger partial charge in [0, 0.05) is 19.1 Å². The van der Waals surface area contributed by atoms with Gasteiger partial charge in [-0.2, -0.15) is 0 Å². The predicted octanol–water partition coefficient (Wildman–Crippen LogP) is 3.34. The second kappa shape index (κ2) is 5.97. The molecule has 0 bridgehead atoms. The normalized spacial score (nSPS) is 23.6. The van der Waals surface area contributed by atoms with E-state index in [9.17, 15) is 0 Å². The zero-order chi connectivity index (χ0) is 13.1. The zero-order valence-electron chi connectivity index (χ0n) is 11.1. The Kier molecular flexibility index (Phi) is 4.56. The number of anilines is 1. The summed E-state index contributed by atoms with van der Waals surface area (Å²) in [7, 11) is 1.78. The fourth-order valence-corrected chi connectivity index (χ4v) is 2.73. The highest BCUT2D eigenvalue weighted by molar-refractivity contribution is 9.10. The van der Waals surface area contributed by atoms with Crippen LogP contribution in [0.5, 0.6) is 0 Å². The lowest BCUT2D eigenvalue weighted by Crippen LogP contribution is -2.30. The number of hydrogen-bond acceptors (Lipinski definition) is 4. The number of nitrogens with one attached hydrogen (secondary N) is 1. The monoisotopic (exact) mass is 313 g/mol. The van der Waals surface area contributed by atoms with E-state index in [-0.39, 0.29) is 0 Å². The van der Waals surface area contributed by atoms with Gasteiger partial charge in [-0.05, 0) is 35.2 Å². The van der Waals surface area contributed by atoms with E-state index in [1.54, 1.807) is 7.11 Å². The van der Waals surface area contributed by atoms with Crippen LogP contribution in [-0.4, -0.2) is 29.2 Å². The number of nitrogens with zero attached hydrogens (tertiary/aromatic N) is 2. The number of ether oxygens (including phenoxy) is 1. The molecule has 1 aliphatic carbocycles. The first kappa shape index (κ1) is 13.7. The van der Waals surface area contributed by atoms with E-state index in [0.717, 1.165) is 29.1 Å². The van der Waals surface area contributed by atoms with Crippen LogP contribution in [0.15, 0.2) is 10.7 Å². The summed E-state index contributed by atoms with van der Waals surface area (Å²) in [5.74, 6) is 2.07. The molecule has 0 amide bonds. The Morgan fingerprint density at radius 3 is 2.83 bits per heavy atom. The summed E-state index contributed by atoms with van der Waals surface area (Å²) in [5.41, 5.74) is 0. The molecule has 1 saturated carbocycles. The molecule has 4 nitrogen and oxygen atoms in total. The van der Waals surface area contributed by atoms with Crippen molar-refractivity contribution in [2.45, 2.75) is 51.2 Å². The molecule has 1 heterocycles. The number of hydrogen-bond donors (Lipinski definition) is 1. The highest BCUT2D eigenvalue weighted by Gasteiger charge is 2.27. The minimum absolute atomic E-state index is 0.293. The second-order valence-electron chi connectivity index (χ2n) is 5.04. The Balaban J connectivity index is 2.13. The van der Waals surface area contributed by atoms with E-state index in [2.05, 4.69) is 45.1 Å². The van der Waals surface area contributed by atoms with Crippen LogP contribution in [-0.2, 0) is 4.74 Å². The molecule has 0 aliphatic heterocycles. The van der Waals surface area contributed by atoms with Crippen LogP contribution in [0.3, 0.4) is 0 Å². The predicted molar refractivity (Wildman–Crippen MR) is 75.9 cm³/mol. The van der Waals surface area contributed by atoms with Crippen molar-refractivity contribution in [1.82, 2.24) is 9.97 Å². The van der Waals surface area contributed by atoms with Gasteiger partial charge in [0.05, 0.1) is 12.1 Å². The third kappa shape index (κ3) is 3.20. The Labute approximate surface area is 117 Å². The number of rotatable bonds is 4. The van der Waals surface area contributed by atoms with Crippen LogP contribution >= 0.6 is 15.9 Å². The summed E-state index contributed by atoms with van der Waals surface area (Å²) in [5, 5.41) is 3.47. The van der Waals surface area contributed by atoms with Crippen LogP contribution < -0.4 is 5.32 Å². The quantitative estimate of drug-likeness (QED) is 0.866. The molecule has 2 unspecified atom stereocenters. The lowest BCUT2D eigenvalue weighted by Gasteiger charge is -2.20. The molecule has 1 aromatic heterocycles. The van der Waals surface area contributed by atoms with E-state index in [0.29, 0.717) is 18.1 Å². The van der Waals surface area contributed by atoms with Crippen LogP contribution in [0.1, 0.15) is 44.9 Å². The zero-order valence-corrected chi connectivity index (χ0v) is 12.7. The van der Waals surface area contributed by atoms with Gasteiger partial charge in [-0.15, -0.1) is 0 Å². The molecule has 18 heavy (non-hydrogen) atoms. The van der Waals surface area contributed by atoms with Crippen LogP contribution in [0, 0.1) is 0 Å². The van der Waals surface area contributed by atoms with Crippen molar-refractivity contribution in [1.29, 1.82) is 0 Å². The first-order chi connectivity index (χ1) is 8.60. The molecule has 1 N–H and O–H groups in total. The Bertz CT molecular complexity index is 411. The van der Waals surface area contributed by atoms with Gasteiger partial charge >= 0.3 is 0 Å². The average Bonchev–Trinajstić information content (AvgIpc) is 2.75. The first-order valence-electron chi connectivity index (χ1n) is 6.44. The molecule has 0 saturated heterocycles. The summed E-state index contributed by atoms with van der Waals surface area (Å²) in [4.78, 5) is 8.94. The maximum atomic E-state index is 5.49. The maximum absolute atomic E-state index is 5.49. The number of methoxy groups -OCH3 is 1. The average molecular weight is 314 g/mol. The summed E-state index contributed by atoms with van der Waals surface area (Å²) >= 11 is 3.44. The highest BCUT2D eigenvalue weighted by Crippen LogP contribution is 2.26. The fourth-order valence-electron chi connectivity index (χ4n) is 2.33. The lowest BCUT2D eigenvalue weighted by molar-refractivity contribution is 0.101. The maximum Gasteiger partial charge on any atom is 0.134 e. The third-order valence-electron chi connectivity index (χ3n) is 3.32. The van der Waals surface area contributed by atoms with Crippen molar-refractivity contribution < 1.29 is 4.74 Å². The van der Waals surface area contributed by atoms with Crippen molar-refractivity contribution in [3.05, 3.63) is 16.5 Å². The van der Waals surface area contributed by atoms with Gasteiger partial charge in [0.15, 0.2) is 0 Å². The first-order valence-corrected chi connectivity index (χ1v) is 7.23. The van der Waals surface area contributed by atoms with Gasteiger partial charge in [0.1, 0.15) is 16.2 Å². The van der Waals surface area contributed by atoms with E-state index >= 15 is 0 Å². The van der Waals surface area contributed by atoms with Gasteiger partial charge in [0.25, 0.3) is 0 Å². The van der Waals surface area contributed by atoms with Crippen LogP contribution in [0.25, 0.3) is 0 Å². The largest absolute Gasteiger partial charge is 0.379 e. The molecule has 0 spiro atoms. The number of aromatic nitrogens is 2. The minimum Gasteiger partial charge on any atom is -0.379 e.